The fourth-order valence-corrected chi connectivity index (χ4v) is 15.9. The lowest BCUT2D eigenvalue weighted by atomic mass is 9.32. The molecular formula is C75H80BN3. The standard InChI is InChI=1S/C75H80BN3/c1-69(2)33-34-70(3,4)57-40-50(30-32-55(57)69)79-65-46-61-59(72(7,8)36-38-74(61,11)12)44-63(65)76-62-43-58-60(73(9,10)37-35-71(58,5)6)45-64(62)78(49-29-31-53-52-27-21-22-28-54(52)75(13,14)56(53)39-49)66-41-51(42-67(79)68(66)76)77(47-23-17-15-18-24-47)48-25-19-16-20-26-48/h15-32,39-46H,33-38H2,1-14H3. The Kier molecular flexibility index (Phi) is 10.6. The van der Waals surface area contributed by atoms with Crippen molar-refractivity contribution in [2.45, 2.75) is 173 Å². The summed E-state index contributed by atoms with van der Waals surface area (Å²) in [4.78, 5) is 7.98. The van der Waals surface area contributed by atoms with Crippen LogP contribution >= 0.6 is 0 Å². The predicted octanol–water partition coefficient (Wildman–Crippen LogP) is 18.6. The largest absolute Gasteiger partial charge is 0.311 e. The lowest BCUT2D eigenvalue weighted by Crippen LogP contribution is -2.62. The molecule has 2 aliphatic heterocycles. The first-order chi connectivity index (χ1) is 37.4. The molecule has 8 aromatic carbocycles. The van der Waals surface area contributed by atoms with Gasteiger partial charge in [0.05, 0.1) is 5.69 Å². The Balaban J connectivity index is 1.15. The fraction of sp³-hybridized carbons (Fsp3) is 0.360. The van der Waals surface area contributed by atoms with Crippen LogP contribution in [0.3, 0.4) is 0 Å². The first-order valence-corrected chi connectivity index (χ1v) is 29.8. The quantitative estimate of drug-likeness (QED) is 0.159. The van der Waals surface area contributed by atoms with Crippen molar-refractivity contribution in [2.75, 3.05) is 14.7 Å². The zero-order chi connectivity index (χ0) is 55.1. The van der Waals surface area contributed by atoms with Crippen LogP contribution in [0.4, 0.5) is 51.2 Å². The van der Waals surface area contributed by atoms with Crippen molar-refractivity contribution in [1.29, 1.82) is 0 Å². The van der Waals surface area contributed by atoms with E-state index in [1.54, 1.807) is 0 Å². The maximum Gasteiger partial charge on any atom is 0.252 e. The van der Waals surface area contributed by atoms with Gasteiger partial charge in [-0.05, 0) is 216 Å². The van der Waals surface area contributed by atoms with Crippen molar-refractivity contribution in [3.05, 3.63) is 202 Å². The van der Waals surface area contributed by atoms with Crippen LogP contribution in [-0.2, 0) is 37.9 Å². The summed E-state index contributed by atoms with van der Waals surface area (Å²) in [7, 11) is 0. The van der Waals surface area contributed by atoms with Crippen LogP contribution in [0.15, 0.2) is 158 Å². The van der Waals surface area contributed by atoms with Gasteiger partial charge in [-0.15, -0.1) is 0 Å². The molecule has 2 heterocycles. The Hall–Kier alpha value is -6.78. The molecule has 0 unspecified atom stereocenters. The van der Waals surface area contributed by atoms with Crippen LogP contribution in [0, 0.1) is 0 Å². The SMILES string of the molecule is CC1(C)CCC(C)(C)c2cc(N3c4cc5c(cc4B4c6cc7c(cc6N(c6ccc8c(c6)C(C)(C)c6ccccc6-8)c6cc(N(c8ccccc8)c8ccccc8)cc3c64)C(C)(C)CCC7(C)C)C(C)(C)CCC5(C)C)ccc21. The lowest BCUT2D eigenvalue weighted by molar-refractivity contribution is 0.332. The number of para-hydroxylation sites is 2. The predicted molar refractivity (Wildman–Crippen MR) is 339 cm³/mol. The molecule has 79 heavy (non-hydrogen) atoms. The highest BCUT2D eigenvalue weighted by molar-refractivity contribution is 7.00. The molecule has 0 fully saturated rings. The molecule has 0 radical (unpaired) electrons. The minimum atomic E-state index is -0.173. The number of hydrogen-bond donors (Lipinski definition) is 0. The summed E-state index contributed by atoms with van der Waals surface area (Å²) in [5.41, 5.74) is 29.6. The van der Waals surface area contributed by atoms with E-state index < -0.39 is 0 Å². The van der Waals surface area contributed by atoms with Crippen molar-refractivity contribution in [3.63, 3.8) is 0 Å². The second kappa shape index (κ2) is 16.7. The molecule has 0 spiro atoms. The third-order valence-electron chi connectivity index (χ3n) is 21.2. The molecular weight excluding hydrogens is 954 g/mol. The summed E-state index contributed by atoms with van der Waals surface area (Å²) in [6.45, 7) is 34.8. The van der Waals surface area contributed by atoms with Gasteiger partial charge in [0.2, 0.25) is 0 Å². The van der Waals surface area contributed by atoms with Crippen molar-refractivity contribution >= 4 is 74.3 Å². The van der Waals surface area contributed by atoms with Gasteiger partial charge in [0, 0.05) is 50.9 Å². The van der Waals surface area contributed by atoms with Gasteiger partial charge in [0.25, 0.3) is 6.71 Å². The molecule has 398 valence electrons. The Morgan fingerprint density at radius 2 is 0.696 bits per heavy atom. The van der Waals surface area contributed by atoms with E-state index in [0.717, 1.165) is 49.2 Å². The van der Waals surface area contributed by atoms with Gasteiger partial charge in [-0.3, -0.25) is 0 Å². The third kappa shape index (κ3) is 7.37. The van der Waals surface area contributed by atoms with Crippen LogP contribution in [0.25, 0.3) is 11.1 Å². The molecule has 0 N–H and O–H groups in total. The summed E-state index contributed by atoms with van der Waals surface area (Å²) in [5.74, 6) is 0. The van der Waals surface area contributed by atoms with Gasteiger partial charge in [-0.2, -0.15) is 0 Å². The minimum absolute atomic E-state index is 0.00255. The van der Waals surface area contributed by atoms with E-state index in [1.807, 2.05) is 0 Å². The van der Waals surface area contributed by atoms with Gasteiger partial charge in [0.1, 0.15) is 0 Å². The van der Waals surface area contributed by atoms with Crippen molar-refractivity contribution < 1.29 is 0 Å². The van der Waals surface area contributed by atoms with Gasteiger partial charge < -0.3 is 14.7 Å². The summed E-state index contributed by atoms with van der Waals surface area (Å²) >= 11 is 0. The zero-order valence-electron chi connectivity index (χ0n) is 49.7. The second-order valence-corrected chi connectivity index (χ2v) is 29.4. The average Bonchev–Trinajstić information content (AvgIpc) is 3.75. The molecule has 4 heteroatoms. The van der Waals surface area contributed by atoms with Crippen molar-refractivity contribution in [1.82, 2.24) is 0 Å². The van der Waals surface area contributed by atoms with Gasteiger partial charge in [0.15, 0.2) is 0 Å². The smallest absolute Gasteiger partial charge is 0.252 e. The summed E-state index contributed by atoms with van der Waals surface area (Å²) in [6, 6.07) is 62.4. The first-order valence-electron chi connectivity index (χ1n) is 29.8. The Labute approximate surface area is 473 Å². The fourth-order valence-electron chi connectivity index (χ4n) is 15.9. The lowest BCUT2D eigenvalue weighted by Gasteiger charge is -2.49. The molecule has 6 aliphatic rings. The van der Waals surface area contributed by atoms with Crippen molar-refractivity contribution in [3.8, 4) is 11.1 Å². The van der Waals surface area contributed by atoms with E-state index in [9.17, 15) is 0 Å². The molecule has 0 saturated heterocycles. The molecule has 14 rings (SSSR count). The Morgan fingerprint density at radius 1 is 0.316 bits per heavy atom. The molecule has 3 nitrogen and oxygen atoms in total. The number of anilines is 9. The van der Waals surface area contributed by atoms with Crippen molar-refractivity contribution in [2.24, 2.45) is 0 Å². The molecule has 0 atom stereocenters. The monoisotopic (exact) mass is 1030 g/mol. The number of hydrogen-bond acceptors (Lipinski definition) is 3. The molecule has 0 amide bonds. The number of fused-ring (bicyclic) bond motifs is 10. The summed E-state index contributed by atoms with van der Waals surface area (Å²) in [6.07, 6.45) is 6.97. The topological polar surface area (TPSA) is 9.72 Å². The van der Waals surface area contributed by atoms with Crippen LogP contribution in [0.1, 0.15) is 180 Å². The average molecular weight is 1030 g/mol. The minimum Gasteiger partial charge on any atom is -0.311 e. The zero-order valence-corrected chi connectivity index (χ0v) is 49.7. The maximum atomic E-state index is 2.75. The molecule has 0 bridgehead atoms. The van der Waals surface area contributed by atoms with Crippen LogP contribution in [-0.4, -0.2) is 6.71 Å². The van der Waals surface area contributed by atoms with E-state index in [1.165, 1.54) is 113 Å². The van der Waals surface area contributed by atoms with Crippen LogP contribution in [0.2, 0.25) is 0 Å². The van der Waals surface area contributed by atoms with E-state index in [4.69, 9.17) is 0 Å². The highest BCUT2D eigenvalue weighted by Gasteiger charge is 2.50. The molecule has 0 saturated carbocycles. The maximum absolute atomic E-state index is 2.75. The molecule has 4 aliphatic carbocycles. The first kappa shape index (κ1) is 50.4. The van der Waals surface area contributed by atoms with Gasteiger partial charge >= 0.3 is 0 Å². The molecule has 0 aromatic heterocycles. The van der Waals surface area contributed by atoms with Crippen LogP contribution in [0.5, 0.6) is 0 Å². The van der Waals surface area contributed by atoms with E-state index in [0.29, 0.717) is 0 Å². The Morgan fingerprint density at radius 3 is 1.18 bits per heavy atom. The van der Waals surface area contributed by atoms with Gasteiger partial charge in [-0.1, -0.05) is 182 Å². The van der Waals surface area contributed by atoms with E-state index in [2.05, 4.69) is 269 Å². The number of nitrogens with zero attached hydrogens (tertiary/aromatic N) is 3. The summed E-state index contributed by atoms with van der Waals surface area (Å²) in [5, 5.41) is 0. The Bertz CT molecular complexity index is 3810. The second-order valence-electron chi connectivity index (χ2n) is 29.4. The van der Waals surface area contributed by atoms with Gasteiger partial charge in [-0.25, -0.2) is 0 Å². The highest BCUT2D eigenvalue weighted by Crippen LogP contribution is 2.57. The summed E-state index contributed by atoms with van der Waals surface area (Å²) < 4.78 is 0. The third-order valence-corrected chi connectivity index (χ3v) is 21.2. The number of benzene rings is 8. The number of rotatable bonds is 5. The normalized spacial score (nSPS) is 20.1. The molecule has 8 aromatic rings. The van der Waals surface area contributed by atoms with E-state index in [-0.39, 0.29) is 44.6 Å². The highest BCUT2D eigenvalue weighted by atomic mass is 15.2. The van der Waals surface area contributed by atoms with Crippen LogP contribution < -0.4 is 31.1 Å². The van der Waals surface area contributed by atoms with E-state index >= 15 is 0 Å².